The van der Waals surface area contributed by atoms with Crippen molar-refractivity contribution in [3.8, 4) is 6.07 Å². The van der Waals surface area contributed by atoms with Gasteiger partial charge >= 0.3 is 5.97 Å². The van der Waals surface area contributed by atoms with E-state index in [0.717, 1.165) is 0 Å². The standard InChI is InChI=1S/C9H13NO4/c1-6(11)7(4-8(12)14-3)9(2,13)5-10/h7,13H,4H2,1-3H3/t7-,9+/m0/s1. The van der Waals surface area contributed by atoms with Gasteiger partial charge < -0.3 is 9.84 Å². The lowest BCUT2D eigenvalue weighted by molar-refractivity contribution is -0.146. The molecule has 0 unspecified atom stereocenters. The number of carbonyl (C=O) groups is 2. The Labute approximate surface area is 82.3 Å². The van der Waals surface area contributed by atoms with Crippen LogP contribution in [-0.4, -0.2) is 29.6 Å². The molecule has 1 N–H and O–H groups in total. The molecule has 0 fully saturated rings. The lowest BCUT2D eigenvalue weighted by atomic mass is 9.85. The summed E-state index contributed by atoms with van der Waals surface area (Å²) in [6, 6.07) is 1.58. The van der Waals surface area contributed by atoms with Crippen molar-refractivity contribution < 1.29 is 19.4 Å². The minimum atomic E-state index is -1.83. The van der Waals surface area contributed by atoms with Crippen LogP contribution in [0.1, 0.15) is 20.3 Å². The molecular formula is C9H13NO4. The molecule has 0 heterocycles. The number of aliphatic hydroxyl groups is 1. The summed E-state index contributed by atoms with van der Waals surface area (Å²) in [6.45, 7) is 2.42. The summed E-state index contributed by atoms with van der Waals surface area (Å²) in [5, 5.41) is 18.1. The molecule has 0 aromatic carbocycles. The third-order valence-electron chi connectivity index (χ3n) is 1.99. The molecule has 0 bridgehead atoms. The molecule has 0 aliphatic rings. The van der Waals surface area contributed by atoms with Crippen molar-refractivity contribution >= 4 is 11.8 Å². The molecular weight excluding hydrogens is 186 g/mol. The minimum Gasteiger partial charge on any atom is -0.469 e. The summed E-state index contributed by atoms with van der Waals surface area (Å²) >= 11 is 0. The van der Waals surface area contributed by atoms with E-state index in [2.05, 4.69) is 4.74 Å². The van der Waals surface area contributed by atoms with Gasteiger partial charge in [-0.3, -0.25) is 9.59 Å². The van der Waals surface area contributed by atoms with Crippen LogP contribution < -0.4 is 0 Å². The number of ketones is 1. The maximum Gasteiger partial charge on any atom is 0.306 e. The summed E-state index contributed by atoms with van der Waals surface area (Å²) < 4.78 is 4.36. The van der Waals surface area contributed by atoms with Gasteiger partial charge in [-0.2, -0.15) is 5.26 Å². The Kier molecular flexibility index (Phi) is 4.25. The number of ether oxygens (including phenoxy) is 1. The van der Waals surface area contributed by atoms with Crippen molar-refractivity contribution in [2.75, 3.05) is 7.11 Å². The zero-order valence-electron chi connectivity index (χ0n) is 8.40. The van der Waals surface area contributed by atoms with E-state index in [9.17, 15) is 14.7 Å². The van der Waals surface area contributed by atoms with Crippen LogP contribution in [-0.2, 0) is 14.3 Å². The van der Waals surface area contributed by atoms with Crippen LogP contribution >= 0.6 is 0 Å². The largest absolute Gasteiger partial charge is 0.469 e. The summed E-state index contributed by atoms with van der Waals surface area (Å²) in [4.78, 5) is 22.0. The van der Waals surface area contributed by atoms with Gasteiger partial charge in [-0.25, -0.2) is 0 Å². The SMILES string of the molecule is COC(=O)C[C@@H](C(C)=O)[C@](C)(O)C#N. The number of nitriles is 1. The molecule has 0 aliphatic carbocycles. The number of esters is 1. The van der Waals surface area contributed by atoms with Crippen molar-refractivity contribution in [1.82, 2.24) is 0 Å². The average molecular weight is 199 g/mol. The Balaban J connectivity index is 4.72. The van der Waals surface area contributed by atoms with Crippen LogP contribution in [0.15, 0.2) is 0 Å². The highest BCUT2D eigenvalue weighted by molar-refractivity contribution is 5.85. The van der Waals surface area contributed by atoms with Crippen molar-refractivity contribution in [2.45, 2.75) is 25.9 Å². The van der Waals surface area contributed by atoms with Gasteiger partial charge in [-0.15, -0.1) is 0 Å². The first-order valence-corrected chi connectivity index (χ1v) is 4.06. The third kappa shape index (κ3) is 3.15. The number of rotatable bonds is 4. The maximum atomic E-state index is 11.1. The number of Topliss-reactive ketones (excluding diaryl/α,β-unsaturated/α-hetero) is 1. The molecule has 14 heavy (non-hydrogen) atoms. The molecule has 0 rings (SSSR count). The van der Waals surface area contributed by atoms with Gasteiger partial charge in [-0.1, -0.05) is 0 Å². The summed E-state index contributed by atoms with van der Waals surface area (Å²) in [7, 11) is 1.18. The predicted molar refractivity (Wildman–Crippen MR) is 47.0 cm³/mol. The molecule has 5 nitrogen and oxygen atoms in total. The van der Waals surface area contributed by atoms with E-state index in [1.54, 1.807) is 6.07 Å². The highest BCUT2D eigenvalue weighted by Gasteiger charge is 2.37. The molecule has 0 aromatic heterocycles. The highest BCUT2D eigenvalue weighted by Crippen LogP contribution is 2.21. The zero-order chi connectivity index (χ0) is 11.4. The van der Waals surface area contributed by atoms with Crippen molar-refractivity contribution in [3.63, 3.8) is 0 Å². The fourth-order valence-electron chi connectivity index (χ4n) is 1.07. The van der Waals surface area contributed by atoms with Gasteiger partial charge in [0.05, 0.1) is 25.5 Å². The Morgan fingerprint density at radius 2 is 2.14 bits per heavy atom. The highest BCUT2D eigenvalue weighted by atomic mass is 16.5. The molecule has 0 saturated carbocycles. The van der Waals surface area contributed by atoms with Crippen molar-refractivity contribution in [3.05, 3.63) is 0 Å². The van der Waals surface area contributed by atoms with E-state index in [1.807, 2.05) is 0 Å². The minimum absolute atomic E-state index is 0.285. The van der Waals surface area contributed by atoms with E-state index >= 15 is 0 Å². The maximum absolute atomic E-state index is 11.1. The number of methoxy groups -OCH3 is 1. The van der Waals surface area contributed by atoms with Crippen LogP contribution in [0.25, 0.3) is 0 Å². The average Bonchev–Trinajstić information content (AvgIpc) is 2.12. The first kappa shape index (κ1) is 12.6. The van der Waals surface area contributed by atoms with Gasteiger partial charge in [0.2, 0.25) is 0 Å². The van der Waals surface area contributed by atoms with Gasteiger partial charge in [-0.05, 0) is 13.8 Å². The second-order valence-corrected chi connectivity index (χ2v) is 3.20. The Morgan fingerprint density at radius 3 is 2.43 bits per heavy atom. The van der Waals surface area contributed by atoms with Crippen LogP contribution in [0.2, 0.25) is 0 Å². The molecule has 0 saturated heterocycles. The summed E-state index contributed by atoms with van der Waals surface area (Å²) in [5.74, 6) is -2.08. The molecule has 2 atom stereocenters. The molecule has 0 aliphatic heterocycles. The van der Waals surface area contributed by atoms with Crippen LogP contribution in [0.3, 0.4) is 0 Å². The number of nitrogens with zero attached hydrogens (tertiary/aromatic N) is 1. The first-order valence-electron chi connectivity index (χ1n) is 4.06. The van der Waals surface area contributed by atoms with Crippen LogP contribution in [0.5, 0.6) is 0 Å². The lowest BCUT2D eigenvalue weighted by Crippen LogP contribution is -2.39. The quantitative estimate of drug-likeness (QED) is 0.509. The normalized spacial score (nSPS) is 16.2. The topological polar surface area (TPSA) is 87.4 Å². The second kappa shape index (κ2) is 4.72. The summed E-state index contributed by atoms with van der Waals surface area (Å²) in [6.07, 6.45) is -0.285. The molecule has 78 valence electrons. The summed E-state index contributed by atoms with van der Waals surface area (Å²) in [5.41, 5.74) is -1.83. The second-order valence-electron chi connectivity index (χ2n) is 3.20. The van der Waals surface area contributed by atoms with Gasteiger partial charge in [0.1, 0.15) is 5.78 Å². The molecule has 0 aromatic rings. The smallest absolute Gasteiger partial charge is 0.306 e. The predicted octanol–water partition coefficient (Wildman–Crippen LogP) is 0.0293. The zero-order valence-corrected chi connectivity index (χ0v) is 8.40. The van der Waals surface area contributed by atoms with Crippen molar-refractivity contribution in [1.29, 1.82) is 5.26 Å². The molecule has 0 radical (unpaired) electrons. The van der Waals surface area contributed by atoms with E-state index in [1.165, 1.54) is 21.0 Å². The third-order valence-corrected chi connectivity index (χ3v) is 1.99. The van der Waals surface area contributed by atoms with Crippen LogP contribution in [0.4, 0.5) is 0 Å². The molecule has 0 amide bonds. The van der Waals surface area contributed by atoms with E-state index < -0.39 is 23.3 Å². The molecule has 0 spiro atoms. The van der Waals surface area contributed by atoms with Gasteiger partial charge in [0.25, 0.3) is 0 Å². The fourth-order valence-corrected chi connectivity index (χ4v) is 1.07. The first-order chi connectivity index (χ1) is 6.35. The number of hydrogen-bond acceptors (Lipinski definition) is 5. The van der Waals surface area contributed by atoms with E-state index in [-0.39, 0.29) is 6.42 Å². The Morgan fingerprint density at radius 1 is 1.64 bits per heavy atom. The monoisotopic (exact) mass is 199 g/mol. The number of hydrogen-bond donors (Lipinski definition) is 1. The number of carbonyl (C=O) groups excluding carboxylic acids is 2. The van der Waals surface area contributed by atoms with E-state index in [4.69, 9.17) is 5.26 Å². The van der Waals surface area contributed by atoms with Gasteiger partial charge in [0.15, 0.2) is 5.60 Å². The Bertz CT molecular complexity index is 277. The Hall–Kier alpha value is -1.41. The van der Waals surface area contributed by atoms with Crippen LogP contribution in [0, 0.1) is 17.2 Å². The fraction of sp³-hybridized carbons (Fsp3) is 0.667. The van der Waals surface area contributed by atoms with E-state index in [0.29, 0.717) is 0 Å². The molecule has 5 heteroatoms. The van der Waals surface area contributed by atoms with Crippen molar-refractivity contribution in [2.24, 2.45) is 5.92 Å². The van der Waals surface area contributed by atoms with Gasteiger partial charge in [0, 0.05) is 0 Å². The lowest BCUT2D eigenvalue weighted by Gasteiger charge is -2.22.